The van der Waals surface area contributed by atoms with E-state index in [1.807, 2.05) is 0 Å². The van der Waals surface area contributed by atoms with E-state index < -0.39 is 17.8 Å². The molecule has 0 atom stereocenters. The molecule has 0 aliphatic heterocycles. The quantitative estimate of drug-likeness (QED) is 0.271. The van der Waals surface area contributed by atoms with Gasteiger partial charge in [0.05, 0.1) is 22.8 Å². The first-order valence-corrected chi connectivity index (χ1v) is 10.8. The molecule has 4 rings (SSSR count). The molecule has 0 fully saturated rings. The first kappa shape index (κ1) is 24.6. The molecule has 184 valence electrons. The summed E-state index contributed by atoms with van der Waals surface area (Å²) in [5, 5.41) is 7.92. The number of aromatic nitrogens is 2. The van der Waals surface area contributed by atoms with Crippen LogP contribution in [-0.4, -0.2) is 34.9 Å². The van der Waals surface area contributed by atoms with Gasteiger partial charge in [0.2, 0.25) is 0 Å². The van der Waals surface area contributed by atoms with E-state index in [4.69, 9.17) is 5.73 Å². The highest BCUT2D eigenvalue weighted by atomic mass is 19.4. The maximum Gasteiger partial charge on any atom is 0.416 e. The number of benzene rings is 3. The number of amides is 2. The Labute approximate surface area is 203 Å². The molecule has 0 unspecified atom stereocenters. The summed E-state index contributed by atoms with van der Waals surface area (Å²) in [5.74, 6) is 0.301. The third-order valence-electron chi connectivity index (χ3n) is 5.11. The van der Waals surface area contributed by atoms with Gasteiger partial charge in [-0.2, -0.15) is 13.2 Å². The summed E-state index contributed by atoms with van der Waals surface area (Å²) in [6, 6.07) is 14.7. The molecule has 3 aromatic carbocycles. The van der Waals surface area contributed by atoms with Gasteiger partial charge in [-0.15, -0.1) is 0 Å². The standard InChI is InChI=1S/C25H21F3N6O2/c26-25(27,28)17-2-1-3-19(13-17)33-24(36)32-18-7-4-15(5-8-18)23(35)16-6-9-20-21(12-16)34-22(14-31-20)30-11-10-29/h1-9,12-14H,10-11,29H2,(H,30,34)(H2,32,33,36). The number of hydrogen-bond acceptors (Lipinski definition) is 6. The molecule has 11 heteroatoms. The lowest BCUT2D eigenvalue weighted by Crippen LogP contribution is -2.19. The van der Waals surface area contributed by atoms with E-state index in [9.17, 15) is 22.8 Å². The lowest BCUT2D eigenvalue weighted by atomic mass is 10.0. The number of fused-ring (bicyclic) bond motifs is 1. The summed E-state index contributed by atoms with van der Waals surface area (Å²) in [7, 11) is 0. The molecule has 8 nitrogen and oxygen atoms in total. The van der Waals surface area contributed by atoms with Crippen molar-refractivity contribution in [2.45, 2.75) is 6.18 Å². The summed E-state index contributed by atoms with van der Waals surface area (Å²) in [5.41, 5.74) is 6.95. The summed E-state index contributed by atoms with van der Waals surface area (Å²) in [6.07, 6.45) is -2.92. The Balaban J connectivity index is 1.43. The largest absolute Gasteiger partial charge is 0.416 e. The van der Waals surface area contributed by atoms with E-state index in [-0.39, 0.29) is 11.5 Å². The fraction of sp³-hybridized carbons (Fsp3) is 0.120. The van der Waals surface area contributed by atoms with E-state index in [1.165, 1.54) is 36.4 Å². The summed E-state index contributed by atoms with van der Waals surface area (Å²) in [4.78, 5) is 33.9. The molecule has 5 N–H and O–H groups in total. The highest BCUT2D eigenvalue weighted by Crippen LogP contribution is 2.30. The minimum absolute atomic E-state index is 0.00471. The number of nitrogens with two attached hydrogens (primary N) is 1. The molecule has 0 spiro atoms. The summed E-state index contributed by atoms with van der Waals surface area (Å²) >= 11 is 0. The maximum atomic E-state index is 13.0. The normalized spacial score (nSPS) is 11.2. The van der Waals surface area contributed by atoms with Crippen LogP contribution in [0.15, 0.2) is 72.9 Å². The molecule has 1 heterocycles. The van der Waals surface area contributed by atoms with Gasteiger partial charge in [-0.05, 0) is 60.7 Å². The number of urea groups is 1. The Hall–Kier alpha value is -4.51. The molecule has 0 aliphatic rings. The molecule has 2 amide bonds. The van der Waals surface area contributed by atoms with Crippen LogP contribution in [0.1, 0.15) is 21.5 Å². The predicted molar refractivity (Wildman–Crippen MR) is 131 cm³/mol. The van der Waals surface area contributed by atoms with Crippen LogP contribution in [0.25, 0.3) is 11.0 Å². The smallest absolute Gasteiger partial charge is 0.368 e. The highest BCUT2D eigenvalue weighted by Gasteiger charge is 2.30. The van der Waals surface area contributed by atoms with Crippen LogP contribution < -0.4 is 21.7 Å². The second kappa shape index (κ2) is 10.4. The monoisotopic (exact) mass is 494 g/mol. The van der Waals surface area contributed by atoms with E-state index in [0.717, 1.165) is 12.1 Å². The molecule has 0 aliphatic carbocycles. The van der Waals surface area contributed by atoms with Crippen molar-refractivity contribution in [1.29, 1.82) is 0 Å². The average Bonchev–Trinajstić information content (AvgIpc) is 2.86. The van der Waals surface area contributed by atoms with Crippen molar-refractivity contribution in [3.05, 3.63) is 89.6 Å². The van der Waals surface area contributed by atoms with E-state index >= 15 is 0 Å². The third kappa shape index (κ3) is 5.94. The van der Waals surface area contributed by atoms with Crippen LogP contribution in [0, 0.1) is 0 Å². The zero-order valence-electron chi connectivity index (χ0n) is 18.8. The highest BCUT2D eigenvalue weighted by molar-refractivity contribution is 6.10. The lowest BCUT2D eigenvalue weighted by molar-refractivity contribution is -0.137. The zero-order valence-corrected chi connectivity index (χ0v) is 18.8. The molecule has 36 heavy (non-hydrogen) atoms. The minimum Gasteiger partial charge on any atom is -0.368 e. The van der Waals surface area contributed by atoms with E-state index in [1.54, 1.807) is 24.4 Å². The van der Waals surface area contributed by atoms with Crippen LogP contribution in [-0.2, 0) is 6.18 Å². The predicted octanol–water partition coefficient (Wildman–Crippen LogP) is 4.89. The van der Waals surface area contributed by atoms with Gasteiger partial charge in [-0.3, -0.25) is 9.78 Å². The van der Waals surface area contributed by atoms with Crippen molar-refractivity contribution in [2.75, 3.05) is 29.0 Å². The first-order valence-electron chi connectivity index (χ1n) is 10.8. The summed E-state index contributed by atoms with van der Waals surface area (Å²) < 4.78 is 38.5. The molecule has 1 aromatic heterocycles. The molecule has 0 bridgehead atoms. The van der Waals surface area contributed by atoms with Gasteiger partial charge in [0.15, 0.2) is 5.78 Å². The number of nitrogens with zero attached hydrogens (tertiary/aromatic N) is 2. The Morgan fingerprint density at radius 3 is 2.31 bits per heavy atom. The van der Waals surface area contributed by atoms with Gasteiger partial charge in [0.25, 0.3) is 0 Å². The number of carbonyl (C=O) groups excluding carboxylic acids is 2. The van der Waals surface area contributed by atoms with Gasteiger partial charge in [0, 0.05) is 35.6 Å². The van der Waals surface area contributed by atoms with Crippen LogP contribution in [0.4, 0.5) is 35.2 Å². The molecular weight excluding hydrogens is 473 g/mol. The van der Waals surface area contributed by atoms with Gasteiger partial charge < -0.3 is 21.7 Å². The first-order chi connectivity index (χ1) is 17.2. The third-order valence-corrected chi connectivity index (χ3v) is 5.11. The van der Waals surface area contributed by atoms with Crippen LogP contribution >= 0.6 is 0 Å². The van der Waals surface area contributed by atoms with Crippen LogP contribution in [0.5, 0.6) is 0 Å². The van der Waals surface area contributed by atoms with Gasteiger partial charge in [-0.1, -0.05) is 6.07 Å². The number of anilines is 3. The lowest BCUT2D eigenvalue weighted by Gasteiger charge is -2.11. The molecule has 0 saturated carbocycles. The number of rotatable bonds is 7. The average molecular weight is 494 g/mol. The SMILES string of the molecule is NCCNc1cnc2ccc(C(=O)c3ccc(NC(=O)Nc4cccc(C(F)(F)F)c4)cc3)cc2n1. The Bertz CT molecular complexity index is 1410. The van der Waals surface area contributed by atoms with Gasteiger partial charge in [-0.25, -0.2) is 9.78 Å². The minimum atomic E-state index is -4.52. The van der Waals surface area contributed by atoms with Crippen molar-refractivity contribution in [2.24, 2.45) is 5.73 Å². The maximum absolute atomic E-state index is 13.0. The number of halogens is 3. The summed E-state index contributed by atoms with van der Waals surface area (Å²) in [6.45, 7) is 0.979. The van der Waals surface area contributed by atoms with Crippen molar-refractivity contribution < 1.29 is 22.8 Å². The van der Waals surface area contributed by atoms with Crippen molar-refractivity contribution in [1.82, 2.24) is 9.97 Å². The molecule has 4 aromatic rings. The van der Waals surface area contributed by atoms with E-state index in [2.05, 4.69) is 25.9 Å². The van der Waals surface area contributed by atoms with Crippen molar-refractivity contribution >= 4 is 40.0 Å². The Morgan fingerprint density at radius 1 is 0.861 bits per heavy atom. The topological polar surface area (TPSA) is 122 Å². The van der Waals surface area contributed by atoms with E-state index in [0.29, 0.717) is 46.8 Å². The van der Waals surface area contributed by atoms with Crippen molar-refractivity contribution in [3.8, 4) is 0 Å². The number of alkyl halides is 3. The zero-order chi connectivity index (χ0) is 25.7. The second-order valence-electron chi connectivity index (χ2n) is 7.74. The molecule has 0 radical (unpaired) electrons. The van der Waals surface area contributed by atoms with Crippen LogP contribution in [0.2, 0.25) is 0 Å². The second-order valence-corrected chi connectivity index (χ2v) is 7.74. The Morgan fingerprint density at radius 2 is 1.58 bits per heavy atom. The van der Waals surface area contributed by atoms with Crippen LogP contribution in [0.3, 0.4) is 0 Å². The fourth-order valence-corrected chi connectivity index (χ4v) is 3.38. The number of nitrogens with one attached hydrogen (secondary N) is 3. The Kier molecular flexibility index (Phi) is 7.11. The number of ketones is 1. The fourth-order valence-electron chi connectivity index (χ4n) is 3.38. The number of carbonyl (C=O) groups is 2. The van der Waals surface area contributed by atoms with Gasteiger partial charge in [0.1, 0.15) is 5.82 Å². The van der Waals surface area contributed by atoms with Gasteiger partial charge >= 0.3 is 12.2 Å². The molecular formula is C25H21F3N6O2. The number of hydrogen-bond donors (Lipinski definition) is 4. The van der Waals surface area contributed by atoms with Crippen molar-refractivity contribution in [3.63, 3.8) is 0 Å². The molecule has 0 saturated heterocycles.